The number of rotatable bonds is 12. The molecule has 4 atom stereocenters. The summed E-state index contributed by atoms with van der Waals surface area (Å²) in [5, 5.41) is 10.9. The van der Waals surface area contributed by atoms with Gasteiger partial charge in [-0.05, 0) is 51.9 Å². The van der Waals surface area contributed by atoms with Crippen LogP contribution in [0.2, 0.25) is 5.02 Å². The molecule has 0 unspecified atom stereocenters. The number of halogens is 3. The molecule has 4 rings (SSSR count). The number of nitrogens with one attached hydrogen (secondary N) is 4. The van der Waals surface area contributed by atoms with Gasteiger partial charge in [0.05, 0.1) is 36.1 Å². The minimum Gasteiger partial charge on any atom is -0.494 e. The fourth-order valence-electron chi connectivity index (χ4n) is 4.96. The maximum Gasteiger partial charge on any atom is 0.248 e. The second-order valence-corrected chi connectivity index (χ2v) is 10.9. The largest absolute Gasteiger partial charge is 0.494 e. The topological polar surface area (TPSA) is 147 Å². The van der Waals surface area contributed by atoms with E-state index in [1.54, 1.807) is 27.0 Å². The molecule has 2 aromatic carbocycles. The van der Waals surface area contributed by atoms with E-state index in [0.717, 1.165) is 6.07 Å². The van der Waals surface area contributed by atoms with Gasteiger partial charge in [0.15, 0.2) is 5.82 Å². The number of nitrogens with zero attached hydrogens (tertiary/aromatic N) is 3. The lowest BCUT2D eigenvalue weighted by molar-refractivity contribution is -0.143. The van der Waals surface area contributed by atoms with Crippen molar-refractivity contribution in [3.05, 3.63) is 47.2 Å². The van der Waals surface area contributed by atoms with Crippen molar-refractivity contribution in [3.8, 4) is 18.1 Å². The number of likely N-dealkylation sites (N-methyl/N-ethyl adjacent to an activating group) is 1. The van der Waals surface area contributed by atoms with Crippen molar-refractivity contribution in [3.63, 3.8) is 0 Å². The monoisotopic (exact) mass is 657 g/mol. The molecule has 1 aromatic heterocycles. The molecule has 0 spiro atoms. The highest BCUT2D eigenvalue weighted by Gasteiger charge is 2.40. The van der Waals surface area contributed by atoms with Gasteiger partial charge in [-0.1, -0.05) is 17.5 Å². The molecule has 0 saturated carbocycles. The number of methoxy groups -OCH3 is 1. The van der Waals surface area contributed by atoms with E-state index in [0.29, 0.717) is 23.7 Å². The third-order valence-corrected chi connectivity index (χ3v) is 7.98. The van der Waals surface area contributed by atoms with Crippen LogP contribution in [-0.2, 0) is 19.1 Å². The van der Waals surface area contributed by atoms with Crippen LogP contribution >= 0.6 is 11.6 Å². The van der Waals surface area contributed by atoms with Crippen LogP contribution in [0.3, 0.4) is 0 Å². The van der Waals surface area contributed by atoms with E-state index in [1.165, 1.54) is 30.5 Å². The minimum atomic E-state index is -1.11. The average molecular weight is 658 g/mol. The highest BCUT2D eigenvalue weighted by Crippen LogP contribution is 2.35. The van der Waals surface area contributed by atoms with E-state index < -0.39 is 58.6 Å². The molecule has 46 heavy (non-hydrogen) atoms. The Kier molecular flexibility index (Phi) is 11.3. The summed E-state index contributed by atoms with van der Waals surface area (Å²) in [5.41, 5.74) is 0.501. The maximum absolute atomic E-state index is 14.7. The van der Waals surface area contributed by atoms with Crippen LogP contribution in [0, 0.1) is 24.0 Å². The summed E-state index contributed by atoms with van der Waals surface area (Å²) in [6, 6.07) is 2.71. The van der Waals surface area contributed by atoms with Gasteiger partial charge in [0.1, 0.15) is 47.4 Å². The normalized spacial score (nSPS) is 16.3. The molecule has 0 bridgehead atoms. The van der Waals surface area contributed by atoms with Crippen LogP contribution in [-0.4, -0.2) is 84.1 Å². The molecule has 1 aliphatic heterocycles. The Hall–Kier alpha value is -4.58. The lowest BCUT2D eigenvalue weighted by Gasteiger charge is -2.32. The van der Waals surface area contributed by atoms with E-state index in [4.69, 9.17) is 27.5 Å². The first-order valence-electron chi connectivity index (χ1n) is 14.4. The van der Waals surface area contributed by atoms with E-state index in [-0.39, 0.29) is 36.1 Å². The van der Waals surface area contributed by atoms with Crippen LogP contribution < -0.4 is 26.0 Å². The molecular formula is C31H34ClF2N7O5. The Morgan fingerprint density at radius 2 is 1.96 bits per heavy atom. The summed E-state index contributed by atoms with van der Waals surface area (Å²) in [6.45, 7) is 3.46. The fraction of sp³-hybridized carbons (Fsp3) is 0.387. The van der Waals surface area contributed by atoms with Crippen LogP contribution in [0.25, 0.3) is 10.9 Å². The second kappa shape index (κ2) is 15.1. The van der Waals surface area contributed by atoms with Crippen molar-refractivity contribution in [2.24, 2.45) is 0 Å². The zero-order chi connectivity index (χ0) is 33.5. The van der Waals surface area contributed by atoms with Gasteiger partial charge in [0.25, 0.3) is 0 Å². The van der Waals surface area contributed by atoms with Crippen molar-refractivity contribution in [1.29, 1.82) is 0 Å². The molecule has 1 fully saturated rings. The first-order valence-corrected chi connectivity index (χ1v) is 14.8. The van der Waals surface area contributed by atoms with Gasteiger partial charge in [-0.3, -0.25) is 14.4 Å². The Morgan fingerprint density at radius 1 is 1.20 bits per heavy atom. The zero-order valence-electron chi connectivity index (χ0n) is 25.6. The van der Waals surface area contributed by atoms with Gasteiger partial charge >= 0.3 is 0 Å². The molecule has 1 aliphatic rings. The van der Waals surface area contributed by atoms with Crippen LogP contribution in [0.1, 0.15) is 26.7 Å². The highest BCUT2D eigenvalue weighted by atomic mass is 35.5. The number of aromatic nitrogens is 2. The quantitative estimate of drug-likeness (QED) is 0.170. The van der Waals surface area contributed by atoms with Gasteiger partial charge < -0.3 is 35.6 Å². The summed E-state index contributed by atoms with van der Waals surface area (Å²) in [5.74, 6) is -0.576. The molecule has 0 radical (unpaired) electrons. The standard InChI is InChI=1S/C31H34ClF2N7O5/c1-6-12-46-17(3)27(40-29(42)16(2)35-4)31(44)41-11-7-8-23(41)30(43)39-22-13-18-21(14-24(22)45-5)36-15-37-28(18)38-20-10-9-19(33)25(32)26(20)34/h1,9-10,13-17,23,27,35H,7-8,11-12H2,2-5H3,(H,39,43)(H,40,42)(H,36,37,38)/t16-,17+,23-,27-/m0/s1. The van der Waals surface area contributed by atoms with E-state index >= 15 is 0 Å². The Bertz CT molecular complexity index is 1670. The highest BCUT2D eigenvalue weighted by molar-refractivity contribution is 6.31. The number of carbonyl (C=O) groups excluding carboxylic acids is 3. The summed E-state index contributed by atoms with van der Waals surface area (Å²) in [6.07, 6.45) is 6.69. The molecule has 15 heteroatoms. The SMILES string of the molecule is C#CCO[C@H](C)[C@H](NC(=O)[C@H](C)NC)C(=O)N1CCC[C@H]1C(=O)Nc1cc2c(Nc3ccc(F)c(Cl)c3F)ncnc2cc1OC. The van der Waals surface area contributed by atoms with Crippen molar-refractivity contribution in [2.45, 2.75) is 50.9 Å². The van der Waals surface area contributed by atoms with Crippen LogP contribution in [0.4, 0.5) is 26.0 Å². The summed E-state index contributed by atoms with van der Waals surface area (Å²) >= 11 is 5.74. The second-order valence-electron chi connectivity index (χ2n) is 10.5. The third-order valence-electron chi connectivity index (χ3n) is 7.63. The van der Waals surface area contributed by atoms with Crippen molar-refractivity contribution < 1.29 is 32.6 Å². The summed E-state index contributed by atoms with van der Waals surface area (Å²) < 4.78 is 39.5. The van der Waals surface area contributed by atoms with Crippen LogP contribution in [0.5, 0.6) is 5.75 Å². The number of ether oxygens (including phenoxy) is 2. The van der Waals surface area contributed by atoms with Crippen LogP contribution in [0.15, 0.2) is 30.6 Å². The number of hydrogen-bond donors (Lipinski definition) is 4. The number of hydrogen-bond acceptors (Lipinski definition) is 9. The maximum atomic E-state index is 14.7. The smallest absolute Gasteiger partial charge is 0.248 e. The van der Waals surface area contributed by atoms with E-state index in [9.17, 15) is 23.2 Å². The van der Waals surface area contributed by atoms with Crippen molar-refractivity contribution >= 4 is 57.4 Å². The number of benzene rings is 2. The Morgan fingerprint density at radius 3 is 2.65 bits per heavy atom. The average Bonchev–Trinajstić information content (AvgIpc) is 3.56. The summed E-state index contributed by atoms with van der Waals surface area (Å²) in [7, 11) is 3.03. The van der Waals surface area contributed by atoms with Gasteiger partial charge in [0.2, 0.25) is 17.7 Å². The number of terminal acetylenes is 1. The molecule has 3 aromatic rings. The number of amides is 3. The number of fused-ring (bicyclic) bond motifs is 1. The minimum absolute atomic E-state index is 0.0739. The number of likely N-dealkylation sites (tertiary alicyclic amines) is 1. The van der Waals surface area contributed by atoms with Crippen molar-refractivity contribution in [1.82, 2.24) is 25.5 Å². The predicted molar refractivity (Wildman–Crippen MR) is 169 cm³/mol. The summed E-state index contributed by atoms with van der Waals surface area (Å²) in [4.78, 5) is 50.1. The molecule has 244 valence electrons. The van der Waals surface area contributed by atoms with Gasteiger partial charge in [-0.2, -0.15) is 0 Å². The predicted octanol–water partition coefficient (Wildman–Crippen LogP) is 3.37. The lowest BCUT2D eigenvalue weighted by atomic mass is 10.1. The molecule has 2 heterocycles. The van der Waals surface area contributed by atoms with Gasteiger partial charge in [-0.25, -0.2) is 18.7 Å². The molecule has 1 saturated heterocycles. The molecule has 0 aliphatic carbocycles. The first-order chi connectivity index (χ1) is 22.0. The fourth-order valence-corrected chi connectivity index (χ4v) is 5.13. The Labute approximate surface area is 269 Å². The van der Waals surface area contributed by atoms with Gasteiger partial charge in [-0.15, -0.1) is 6.42 Å². The molecular weight excluding hydrogens is 624 g/mol. The first kappa shape index (κ1) is 34.3. The molecule has 4 N–H and O–H groups in total. The van der Waals surface area contributed by atoms with E-state index in [2.05, 4.69) is 37.2 Å². The van der Waals surface area contributed by atoms with Gasteiger partial charge in [0, 0.05) is 18.0 Å². The molecule has 12 nitrogen and oxygen atoms in total. The zero-order valence-corrected chi connectivity index (χ0v) is 26.4. The van der Waals surface area contributed by atoms with E-state index in [1.807, 2.05) is 0 Å². The van der Waals surface area contributed by atoms with Crippen molar-refractivity contribution in [2.75, 3.05) is 37.9 Å². The lowest BCUT2D eigenvalue weighted by Crippen LogP contribution is -2.58. The third kappa shape index (κ3) is 7.44. The number of carbonyl (C=O) groups is 3. The number of anilines is 3. The molecule has 3 amide bonds. The Balaban J connectivity index is 1.61.